The first-order valence-electron chi connectivity index (χ1n) is 22.8. The molecule has 1 amide bonds. The van der Waals surface area contributed by atoms with Gasteiger partial charge in [0.15, 0.2) is 54.4 Å². The van der Waals surface area contributed by atoms with Crippen molar-refractivity contribution in [2.24, 2.45) is 5.11 Å². The maximum absolute atomic E-state index is 13.8. The van der Waals surface area contributed by atoms with Crippen LogP contribution in [0, 0.1) is 0 Å². The first-order valence-corrected chi connectivity index (χ1v) is 24.2. The second kappa shape index (κ2) is 29.8. The van der Waals surface area contributed by atoms with E-state index in [0.717, 1.165) is 79.5 Å². The van der Waals surface area contributed by atoms with Crippen LogP contribution in [0.25, 0.3) is 10.4 Å². The van der Waals surface area contributed by atoms with Gasteiger partial charge in [0.1, 0.15) is 12.4 Å². The van der Waals surface area contributed by atoms with Gasteiger partial charge in [0.25, 0.3) is 5.91 Å². The van der Waals surface area contributed by atoms with E-state index in [0.29, 0.717) is 3.97 Å². The predicted octanol–water partition coefficient (Wildman–Crippen LogP) is 0.0955. The van der Waals surface area contributed by atoms with E-state index < -0.39 is 138 Å². The molecule has 4 rings (SSSR count). The Morgan fingerprint density at radius 3 is 1.78 bits per heavy atom. The Bertz CT molecular complexity index is 2490. The monoisotopic (exact) mass is 1100 g/mol. The van der Waals surface area contributed by atoms with Crippen LogP contribution in [-0.2, 0) is 105 Å². The summed E-state index contributed by atoms with van der Waals surface area (Å²) in [7, 11) is -2.41. The Morgan fingerprint density at radius 1 is 0.697 bits per heavy atom. The molecule has 0 bridgehead atoms. The molecule has 0 radical (unpaired) electrons. The lowest BCUT2D eigenvalue weighted by atomic mass is 9.97. The molecule has 0 aliphatic carbocycles. The third-order valence-corrected chi connectivity index (χ3v) is 11.3. The molecule has 1 aromatic heterocycles. The minimum Gasteiger partial charge on any atom is -0.467 e. The van der Waals surface area contributed by atoms with Crippen LogP contribution in [0.2, 0.25) is 0 Å². The molecule has 31 nitrogen and oxygen atoms in total. The zero-order valence-corrected chi connectivity index (χ0v) is 43.2. The van der Waals surface area contributed by atoms with Crippen LogP contribution in [0.15, 0.2) is 42.0 Å². The number of nitrogens with zero attached hydrogens (tertiary/aromatic N) is 6. The number of esters is 7. The van der Waals surface area contributed by atoms with Crippen LogP contribution in [-0.4, -0.2) is 205 Å². The maximum Gasteiger partial charge on any atom is 0.414 e. The van der Waals surface area contributed by atoms with Gasteiger partial charge in [-0.25, -0.2) is 13.8 Å². The van der Waals surface area contributed by atoms with Crippen molar-refractivity contribution < 1.29 is 117 Å². The standard InChI is InChI=1S/C44H58N6O25S/c1-24(51)66-34-33(22-65-43-39(70-28(5)55)37(69-27(4)54)36(68-26(3)53)38(74-43)42(58)61-8)73-44(40(71-29(6)56)35(34)67-25(2)52)72-31-10-9-30(21-32(31)75-76(59,60)50-13-11-46-23-50)41(57)49(7)14-16-63-18-20-64-19-17-62-15-12-47-48-45/h9-11,13,21,23,33-40,43-44H,12,14-20,22H2,1-8H3/t33-,34+,35+,36+,37+,38+,39-,40-,43-,44-/m1/s1. The number of amides is 1. The quantitative estimate of drug-likeness (QED) is 0.0272. The molecule has 2 fully saturated rings. The summed E-state index contributed by atoms with van der Waals surface area (Å²) in [4.78, 5) is 110. The molecule has 76 heavy (non-hydrogen) atoms. The molecule has 2 aromatic rings. The number of aromatic nitrogens is 2. The first kappa shape index (κ1) is 61.4. The summed E-state index contributed by atoms with van der Waals surface area (Å²) in [6.45, 7) is 6.32. The Morgan fingerprint density at radius 2 is 1.22 bits per heavy atom. The van der Waals surface area contributed by atoms with E-state index in [4.69, 9.17) is 76.0 Å². The fourth-order valence-electron chi connectivity index (χ4n) is 7.17. The van der Waals surface area contributed by atoms with Crippen molar-refractivity contribution in [2.75, 3.05) is 73.5 Å². The highest BCUT2D eigenvalue weighted by molar-refractivity contribution is 7.85. The summed E-state index contributed by atoms with van der Waals surface area (Å²) in [5.41, 5.74) is 8.16. The van der Waals surface area contributed by atoms with Crippen LogP contribution in [0.4, 0.5) is 0 Å². The van der Waals surface area contributed by atoms with Crippen LogP contribution >= 0.6 is 0 Å². The number of imidazole rings is 1. The van der Waals surface area contributed by atoms with Crippen molar-refractivity contribution in [3.05, 3.63) is 52.9 Å². The van der Waals surface area contributed by atoms with E-state index in [9.17, 15) is 46.8 Å². The van der Waals surface area contributed by atoms with Crippen LogP contribution in [0.3, 0.4) is 0 Å². The van der Waals surface area contributed by atoms with Gasteiger partial charge in [-0.15, -0.1) is 0 Å². The smallest absolute Gasteiger partial charge is 0.414 e. The minimum absolute atomic E-state index is 0.0433. The van der Waals surface area contributed by atoms with Crippen molar-refractivity contribution in [3.8, 4) is 11.5 Å². The number of carbonyl (C=O) groups is 8. The van der Waals surface area contributed by atoms with E-state index in [1.165, 1.54) is 18.0 Å². The zero-order chi connectivity index (χ0) is 56.1. The highest BCUT2D eigenvalue weighted by Crippen LogP contribution is 2.37. The van der Waals surface area contributed by atoms with Crippen LogP contribution in [0.1, 0.15) is 51.9 Å². The lowest BCUT2D eigenvalue weighted by Gasteiger charge is -2.46. The number of ether oxygens (including phenoxy) is 14. The molecule has 10 atom stereocenters. The first-order chi connectivity index (χ1) is 36.1. The normalized spacial score (nSPS) is 23.1. The van der Waals surface area contributed by atoms with Gasteiger partial charge in [-0.3, -0.25) is 33.6 Å². The van der Waals surface area contributed by atoms with Crippen LogP contribution < -0.4 is 8.92 Å². The third-order valence-electron chi connectivity index (χ3n) is 10.2. The van der Waals surface area contributed by atoms with Gasteiger partial charge < -0.3 is 75.4 Å². The summed E-state index contributed by atoms with van der Waals surface area (Å²) >= 11 is 0. The van der Waals surface area contributed by atoms with E-state index in [-0.39, 0.29) is 58.3 Å². The van der Waals surface area contributed by atoms with Gasteiger partial charge in [-0.1, -0.05) is 5.11 Å². The molecule has 0 saturated carbocycles. The number of hydrogen-bond acceptors (Lipinski definition) is 27. The number of likely N-dealkylation sites (N-methyl/N-ethyl adjacent to an activating group) is 1. The Hall–Kier alpha value is -7.19. The van der Waals surface area contributed by atoms with E-state index >= 15 is 0 Å². The van der Waals surface area contributed by atoms with E-state index in [1.54, 1.807) is 0 Å². The lowest BCUT2D eigenvalue weighted by Crippen LogP contribution is -2.65. The topological polar surface area (TPSA) is 379 Å². The van der Waals surface area contributed by atoms with Crippen molar-refractivity contribution in [1.82, 2.24) is 13.9 Å². The molecule has 3 heterocycles. The molecular formula is C44H58N6O25S. The fourth-order valence-corrected chi connectivity index (χ4v) is 7.98. The number of hydrogen-bond donors (Lipinski definition) is 0. The Balaban J connectivity index is 1.71. The molecule has 2 aliphatic heterocycles. The van der Waals surface area contributed by atoms with E-state index in [1.807, 2.05) is 0 Å². The summed E-state index contributed by atoms with van der Waals surface area (Å²) in [5.74, 6) is -9.00. The predicted molar refractivity (Wildman–Crippen MR) is 246 cm³/mol. The van der Waals surface area contributed by atoms with Gasteiger partial charge in [0.2, 0.25) is 12.4 Å². The summed E-state index contributed by atoms with van der Waals surface area (Å²) in [5, 5.41) is 3.36. The van der Waals surface area contributed by atoms with Crippen molar-refractivity contribution in [3.63, 3.8) is 0 Å². The molecular weight excluding hydrogens is 1040 g/mol. The molecule has 2 saturated heterocycles. The second-order valence-corrected chi connectivity index (χ2v) is 17.4. The number of methoxy groups -OCH3 is 1. The summed E-state index contributed by atoms with van der Waals surface area (Å²) in [6, 6.07) is 3.34. The molecule has 0 unspecified atom stereocenters. The molecule has 0 spiro atoms. The average Bonchev–Trinajstić information content (AvgIpc) is 3.90. The third kappa shape index (κ3) is 18.6. The van der Waals surface area contributed by atoms with Crippen molar-refractivity contribution >= 4 is 58.0 Å². The fraction of sp³-hybridized carbons (Fsp3) is 0.614. The van der Waals surface area contributed by atoms with Gasteiger partial charge in [0, 0.05) is 84.5 Å². The van der Waals surface area contributed by atoms with E-state index in [2.05, 4.69) is 15.0 Å². The number of carbonyl (C=O) groups excluding carboxylic acids is 8. The summed E-state index contributed by atoms with van der Waals surface area (Å²) in [6.07, 6.45) is -15.4. The molecule has 2 aliphatic rings. The Kier molecular flexibility index (Phi) is 24.0. The minimum atomic E-state index is -4.82. The summed E-state index contributed by atoms with van der Waals surface area (Å²) < 4.78 is 111. The van der Waals surface area contributed by atoms with Crippen molar-refractivity contribution in [1.29, 1.82) is 0 Å². The van der Waals surface area contributed by atoms with Gasteiger partial charge in [0.05, 0.1) is 53.4 Å². The molecule has 0 N–H and O–H groups in total. The maximum atomic E-state index is 13.8. The van der Waals surface area contributed by atoms with Gasteiger partial charge in [-0.2, -0.15) is 8.42 Å². The molecule has 420 valence electrons. The largest absolute Gasteiger partial charge is 0.467 e. The highest BCUT2D eigenvalue weighted by Gasteiger charge is 2.57. The second-order valence-electron chi connectivity index (χ2n) is 16.0. The average molecular weight is 1100 g/mol. The highest BCUT2D eigenvalue weighted by atomic mass is 32.2. The lowest BCUT2D eigenvalue weighted by molar-refractivity contribution is -0.323. The number of rotatable bonds is 28. The number of azide groups is 1. The van der Waals surface area contributed by atoms with Crippen molar-refractivity contribution in [2.45, 2.75) is 103 Å². The molecule has 1 aromatic carbocycles. The Labute approximate surface area is 434 Å². The van der Waals surface area contributed by atoms with Crippen LogP contribution in [0.5, 0.6) is 11.5 Å². The molecule has 32 heteroatoms. The van der Waals surface area contributed by atoms with Gasteiger partial charge >= 0.3 is 52.1 Å². The number of benzene rings is 1. The SMILES string of the molecule is COC(=O)[C@H]1O[C@@H](OC[C@H]2O[C@@H](Oc3ccc(C(=O)N(C)CCOCCOCCOCCN=[N+]=[N-])cc3OS(=O)(=O)n3ccnc3)[C@H](OC(C)=O)[C@@H](OC(C)=O)[C@H]2OC(C)=O)[C@H](OC(C)=O)[C@@H](OC(C)=O)[C@@H]1OC(C)=O. The zero-order valence-electron chi connectivity index (χ0n) is 42.4. The van der Waals surface area contributed by atoms with Gasteiger partial charge in [-0.05, 0) is 23.7 Å².